The number of hydrogen-bond donors (Lipinski definition) is 2. The van der Waals surface area contributed by atoms with Gasteiger partial charge in [-0.1, -0.05) is 6.07 Å². The van der Waals surface area contributed by atoms with Crippen molar-refractivity contribution in [3.05, 3.63) is 66.4 Å². The van der Waals surface area contributed by atoms with Gasteiger partial charge < -0.3 is 15.5 Å². The van der Waals surface area contributed by atoms with Crippen molar-refractivity contribution < 1.29 is 8.78 Å². The largest absolute Gasteiger partial charge is 0.372 e. The monoisotopic (exact) mass is 367 g/mol. The van der Waals surface area contributed by atoms with Crippen molar-refractivity contribution >= 4 is 28.8 Å². The smallest absolute Gasteiger partial charge is 0.229 e. The average molecular weight is 367 g/mol. The summed E-state index contributed by atoms with van der Waals surface area (Å²) in [5.74, 6) is -0.725. The molecule has 2 N–H and O–H groups in total. The van der Waals surface area contributed by atoms with Crippen LogP contribution in [0.2, 0.25) is 0 Å². The molecule has 0 bridgehead atoms. The van der Waals surface area contributed by atoms with Gasteiger partial charge in [-0.05, 0) is 55.3 Å². The fourth-order valence-electron chi connectivity index (χ4n) is 3.09. The number of nitrogens with zero attached hydrogens (tertiary/aromatic N) is 3. The van der Waals surface area contributed by atoms with Gasteiger partial charge in [0.25, 0.3) is 0 Å². The van der Waals surface area contributed by atoms with Gasteiger partial charge in [-0.25, -0.2) is 13.8 Å². The number of halogens is 2. The van der Waals surface area contributed by atoms with Crippen molar-refractivity contribution in [1.29, 1.82) is 0 Å². The third-order valence-corrected chi connectivity index (χ3v) is 4.47. The van der Waals surface area contributed by atoms with Crippen molar-refractivity contribution in [2.24, 2.45) is 0 Å². The van der Waals surface area contributed by atoms with Crippen LogP contribution in [-0.4, -0.2) is 23.1 Å². The van der Waals surface area contributed by atoms with Crippen LogP contribution in [-0.2, 0) is 0 Å². The van der Waals surface area contributed by atoms with Gasteiger partial charge in [0.2, 0.25) is 5.95 Å². The minimum atomic E-state index is -0.680. The van der Waals surface area contributed by atoms with Gasteiger partial charge in [-0.3, -0.25) is 0 Å². The lowest BCUT2D eigenvalue weighted by atomic mass is 10.2. The maximum atomic E-state index is 13.8. The molecule has 4 rings (SSSR count). The van der Waals surface area contributed by atoms with Gasteiger partial charge in [-0.15, -0.1) is 0 Å². The number of nitrogens with one attached hydrogen (secondary N) is 2. The minimum absolute atomic E-state index is 0.239. The summed E-state index contributed by atoms with van der Waals surface area (Å²) in [6, 6.07) is 13.3. The zero-order valence-electron chi connectivity index (χ0n) is 14.6. The van der Waals surface area contributed by atoms with Gasteiger partial charge in [0.05, 0.1) is 0 Å². The second-order valence-electron chi connectivity index (χ2n) is 6.35. The highest BCUT2D eigenvalue weighted by molar-refractivity contribution is 5.62. The van der Waals surface area contributed by atoms with Crippen LogP contribution in [0.1, 0.15) is 12.8 Å². The number of benzene rings is 2. The molecule has 0 spiro atoms. The summed E-state index contributed by atoms with van der Waals surface area (Å²) < 4.78 is 27.6. The van der Waals surface area contributed by atoms with Crippen LogP contribution in [0.5, 0.6) is 0 Å². The first-order valence-electron chi connectivity index (χ1n) is 8.85. The summed E-state index contributed by atoms with van der Waals surface area (Å²) in [5, 5.41) is 5.77. The molecule has 0 atom stereocenters. The maximum absolute atomic E-state index is 13.8. The zero-order valence-corrected chi connectivity index (χ0v) is 14.6. The SMILES string of the molecule is Fc1cccc(F)c1Nc1ccnc(Nc2ccc(N3CCCC3)cc2)n1. The van der Waals surface area contributed by atoms with Crippen LogP contribution in [0.15, 0.2) is 54.7 Å². The Morgan fingerprint density at radius 1 is 0.852 bits per heavy atom. The number of rotatable bonds is 5. The summed E-state index contributed by atoms with van der Waals surface area (Å²) in [5.41, 5.74) is 1.80. The highest BCUT2D eigenvalue weighted by Gasteiger charge is 2.12. The van der Waals surface area contributed by atoms with E-state index in [1.54, 1.807) is 6.07 Å². The lowest BCUT2D eigenvalue weighted by Gasteiger charge is -2.17. The van der Waals surface area contributed by atoms with Crippen molar-refractivity contribution in [1.82, 2.24) is 9.97 Å². The van der Waals surface area contributed by atoms with E-state index in [1.165, 1.54) is 42.9 Å². The topological polar surface area (TPSA) is 53.1 Å². The first-order valence-corrected chi connectivity index (χ1v) is 8.85. The highest BCUT2D eigenvalue weighted by Crippen LogP contribution is 2.25. The van der Waals surface area contributed by atoms with E-state index in [4.69, 9.17) is 0 Å². The quantitative estimate of drug-likeness (QED) is 0.676. The van der Waals surface area contributed by atoms with Crippen molar-refractivity contribution in [2.75, 3.05) is 28.6 Å². The van der Waals surface area contributed by atoms with Gasteiger partial charge in [-0.2, -0.15) is 4.98 Å². The summed E-state index contributed by atoms with van der Waals surface area (Å²) in [7, 11) is 0. The number of para-hydroxylation sites is 1. The van der Waals surface area contributed by atoms with E-state index in [0.717, 1.165) is 18.8 Å². The molecule has 0 unspecified atom stereocenters. The first kappa shape index (κ1) is 17.2. The molecule has 3 aromatic rings. The van der Waals surface area contributed by atoms with Crippen molar-refractivity contribution in [3.63, 3.8) is 0 Å². The number of hydrogen-bond acceptors (Lipinski definition) is 5. The van der Waals surface area contributed by atoms with Gasteiger partial charge in [0, 0.05) is 30.7 Å². The minimum Gasteiger partial charge on any atom is -0.372 e. The van der Waals surface area contributed by atoms with Crippen LogP contribution >= 0.6 is 0 Å². The Balaban J connectivity index is 1.48. The Hall–Kier alpha value is -3.22. The Kier molecular flexibility index (Phi) is 4.82. The number of anilines is 5. The normalized spacial score (nSPS) is 13.6. The molecule has 1 saturated heterocycles. The van der Waals surface area contributed by atoms with E-state index in [1.807, 2.05) is 12.1 Å². The summed E-state index contributed by atoms with van der Waals surface area (Å²) in [6.07, 6.45) is 3.99. The molecule has 0 aliphatic carbocycles. The molecule has 2 heterocycles. The Morgan fingerprint density at radius 3 is 2.26 bits per heavy atom. The molecule has 1 aliphatic rings. The lowest BCUT2D eigenvalue weighted by Crippen LogP contribution is -2.17. The van der Waals surface area contributed by atoms with Gasteiger partial charge in [0.15, 0.2) is 0 Å². The molecular weight excluding hydrogens is 348 g/mol. The molecule has 138 valence electrons. The standard InChI is InChI=1S/C20H19F2N5/c21-16-4-3-5-17(22)19(16)25-18-10-11-23-20(26-18)24-14-6-8-15(9-7-14)27-12-1-2-13-27/h3-11H,1-2,12-13H2,(H2,23,24,25,26). The average Bonchev–Trinajstić information content (AvgIpc) is 3.21. The van der Waals surface area contributed by atoms with E-state index in [2.05, 4.69) is 37.6 Å². The number of aromatic nitrogens is 2. The Labute approximate surface area is 156 Å². The fourth-order valence-corrected chi connectivity index (χ4v) is 3.09. The maximum Gasteiger partial charge on any atom is 0.229 e. The highest BCUT2D eigenvalue weighted by atomic mass is 19.1. The molecule has 1 fully saturated rings. The molecular formula is C20H19F2N5. The molecule has 2 aromatic carbocycles. The molecule has 0 saturated carbocycles. The molecule has 5 nitrogen and oxygen atoms in total. The van der Waals surface area contributed by atoms with Crippen LogP contribution in [0, 0.1) is 11.6 Å². The van der Waals surface area contributed by atoms with Crippen LogP contribution in [0.25, 0.3) is 0 Å². The van der Waals surface area contributed by atoms with Gasteiger partial charge >= 0.3 is 0 Å². The lowest BCUT2D eigenvalue weighted by molar-refractivity contribution is 0.590. The van der Waals surface area contributed by atoms with E-state index >= 15 is 0 Å². The Bertz CT molecular complexity index is 904. The van der Waals surface area contributed by atoms with Crippen molar-refractivity contribution in [2.45, 2.75) is 12.8 Å². The van der Waals surface area contributed by atoms with E-state index in [0.29, 0.717) is 11.8 Å². The molecule has 7 heteroatoms. The predicted molar refractivity (Wildman–Crippen MR) is 103 cm³/mol. The zero-order chi connectivity index (χ0) is 18.6. The second kappa shape index (κ2) is 7.57. The van der Waals surface area contributed by atoms with Crippen LogP contribution < -0.4 is 15.5 Å². The summed E-state index contributed by atoms with van der Waals surface area (Å²) >= 11 is 0. The molecule has 1 aliphatic heterocycles. The van der Waals surface area contributed by atoms with E-state index < -0.39 is 11.6 Å². The fraction of sp³-hybridized carbons (Fsp3) is 0.200. The molecule has 27 heavy (non-hydrogen) atoms. The van der Waals surface area contributed by atoms with Crippen LogP contribution in [0.4, 0.5) is 37.6 Å². The summed E-state index contributed by atoms with van der Waals surface area (Å²) in [4.78, 5) is 10.8. The second-order valence-corrected chi connectivity index (χ2v) is 6.35. The predicted octanol–water partition coefficient (Wildman–Crippen LogP) is 4.84. The van der Waals surface area contributed by atoms with Crippen LogP contribution in [0.3, 0.4) is 0 Å². The third kappa shape index (κ3) is 3.97. The van der Waals surface area contributed by atoms with Gasteiger partial charge in [0.1, 0.15) is 23.1 Å². The van der Waals surface area contributed by atoms with E-state index in [9.17, 15) is 8.78 Å². The van der Waals surface area contributed by atoms with E-state index in [-0.39, 0.29) is 5.69 Å². The molecule has 1 aromatic heterocycles. The van der Waals surface area contributed by atoms with Crippen molar-refractivity contribution in [3.8, 4) is 0 Å². The Morgan fingerprint density at radius 2 is 1.56 bits per heavy atom. The molecule has 0 radical (unpaired) electrons. The molecule has 0 amide bonds. The summed E-state index contributed by atoms with van der Waals surface area (Å²) in [6.45, 7) is 2.19. The first-order chi connectivity index (χ1) is 13.2. The third-order valence-electron chi connectivity index (χ3n) is 4.47.